The van der Waals surface area contributed by atoms with Gasteiger partial charge in [0.2, 0.25) is 0 Å². The number of ether oxygens (including phenoxy) is 2. The minimum Gasteiger partial charge on any atom is -0.507 e. The van der Waals surface area contributed by atoms with Crippen LogP contribution in [0.15, 0.2) is 48.1 Å². The summed E-state index contributed by atoms with van der Waals surface area (Å²) >= 11 is 0. The number of phenolic OH excluding ortho intramolecular Hbond substituents is 1. The number of cyclic esters (lactones) is 2. The van der Waals surface area contributed by atoms with E-state index in [0.717, 1.165) is 11.1 Å². The van der Waals surface area contributed by atoms with Crippen LogP contribution in [0.3, 0.4) is 0 Å². The van der Waals surface area contributed by atoms with Crippen LogP contribution in [0, 0.1) is 0 Å². The van der Waals surface area contributed by atoms with E-state index < -0.39 is 17.7 Å². The number of benzene rings is 1. The maximum absolute atomic E-state index is 12.8. The van der Waals surface area contributed by atoms with Crippen LogP contribution in [0.4, 0.5) is 11.4 Å². The number of hydrogen-bond donors (Lipinski definition) is 3. The highest BCUT2D eigenvalue weighted by atomic mass is 16.7. The van der Waals surface area contributed by atoms with Crippen molar-refractivity contribution < 1.29 is 24.2 Å². The summed E-state index contributed by atoms with van der Waals surface area (Å²) in [5, 5.41) is 17.3. The van der Waals surface area contributed by atoms with Crippen molar-refractivity contribution in [3.8, 4) is 5.75 Å². The number of carbonyl (C=O) groups is 2. The number of aromatic hydroxyl groups is 1. The molecule has 1 aliphatic heterocycles. The number of phenols is 1. The maximum Gasteiger partial charge on any atom is 0.352 e. The van der Waals surface area contributed by atoms with Crippen LogP contribution >= 0.6 is 0 Å². The van der Waals surface area contributed by atoms with Crippen LogP contribution in [0.2, 0.25) is 0 Å². The van der Waals surface area contributed by atoms with Crippen LogP contribution in [-0.4, -0.2) is 27.8 Å². The Labute approximate surface area is 200 Å². The Morgan fingerprint density at radius 1 is 0.912 bits per heavy atom. The minimum atomic E-state index is -1.37. The zero-order chi connectivity index (χ0) is 25.5. The quantitative estimate of drug-likeness (QED) is 0.251. The molecule has 1 aromatic heterocycles. The van der Waals surface area contributed by atoms with E-state index in [1.54, 1.807) is 36.7 Å². The van der Waals surface area contributed by atoms with Crippen LogP contribution in [0.1, 0.15) is 66.5 Å². The largest absolute Gasteiger partial charge is 0.507 e. The third kappa shape index (κ3) is 5.50. The molecular formula is C26H33N3O5. The normalized spacial score (nSPS) is 15.9. The van der Waals surface area contributed by atoms with Gasteiger partial charge in [0, 0.05) is 36.9 Å². The molecule has 0 aliphatic carbocycles. The number of esters is 2. The lowest BCUT2D eigenvalue weighted by molar-refractivity contribution is -0.222. The van der Waals surface area contributed by atoms with E-state index in [0.29, 0.717) is 11.4 Å². The molecule has 1 fully saturated rings. The molecule has 3 N–H and O–H groups in total. The summed E-state index contributed by atoms with van der Waals surface area (Å²) < 4.78 is 10.6. The van der Waals surface area contributed by atoms with E-state index in [4.69, 9.17) is 9.47 Å². The number of rotatable bonds is 4. The predicted molar refractivity (Wildman–Crippen MR) is 130 cm³/mol. The fraction of sp³-hybridized carbons (Fsp3) is 0.423. The van der Waals surface area contributed by atoms with Crippen molar-refractivity contribution in [3.63, 3.8) is 0 Å². The second-order valence-corrected chi connectivity index (χ2v) is 10.8. The minimum absolute atomic E-state index is 0.0870. The maximum atomic E-state index is 12.8. The second kappa shape index (κ2) is 8.66. The van der Waals surface area contributed by atoms with Crippen LogP contribution in [-0.2, 0) is 29.9 Å². The average Bonchev–Trinajstić information content (AvgIpc) is 2.66. The van der Waals surface area contributed by atoms with Crippen LogP contribution < -0.4 is 10.6 Å². The van der Waals surface area contributed by atoms with Crippen molar-refractivity contribution in [2.75, 3.05) is 10.6 Å². The highest BCUT2D eigenvalue weighted by Crippen LogP contribution is 2.41. The van der Waals surface area contributed by atoms with Gasteiger partial charge < -0.3 is 25.2 Å². The summed E-state index contributed by atoms with van der Waals surface area (Å²) in [7, 11) is 0. The molecule has 2 aromatic rings. The van der Waals surface area contributed by atoms with E-state index in [1.165, 1.54) is 13.8 Å². The van der Waals surface area contributed by atoms with Crippen molar-refractivity contribution in [3.05, 3.63) is 59.2 Å². The van der Waals surface area contributed by atoms with Gasteiger partial charge in [0.1, 0.15) is 11.6 Å². The average molecular weight is 468 g/mol. The molecule has 0 radical (unpaired) electrons. The van der Waals surface area contributed by atoms with Gasteiger partial charge in [-0.05, 0) is 35.1 Å². The van der Waals surface area contributed by atoms with Crippen molar-refractivity contribution in [1.29, 1.82) is 0 Å². The summed E-state index contributed by atoms with van der Waals surface area (Å²) in [6.07, 6.45) is 3.17. The summed E-state index contributed by atoms with van der Waals surface area (Å²) in [4.78, 5) is 29.7. The molecule has 1 aromatic carbocycles. The van der Waals surface area contributed by atoms with Gasteiger partial charge in [-0.25, -0.2) is 9.59 Å². The molecule has 0 saturated carbocycles. The Hall–Kier alpha value is -3.55. The zero-order valence-corrected chi connectivity index (χ0v) is 21.0. The fourth-order valence-corrected chi connectivity index (χ4v) is 3.59. The van der Waals surface area contributed by atoms with Gasteiger partial charge in [0.15, 0.2) is 5.57 Å². The molecule has 8 heteroatoms. The van der Waals surface area contributed by atoms with E-state index in [-0.39, 0.29) is 28.0 Å². The molecule has 1 aliphatic rings. The number of aromatic nitrogens is 1. The first-order chi connectivity index (χ1) is 15.6. The van der Waals surface area contributed by atoms with Crippen molar-refractivity contribution in [2.24, 2.45) is 0 Å². The van der Waals surface area contributed by atoms with Gasteiger partial charge in [-0.3, -0.25) is 4.98 Å². The number of hydrogen-bond acceptors (Lipinski definition) is 8. The summed E-state index contributed by atoms with van der Waals surface area (Å²) in [5.74, 6) is -2.69. The van der Waals surface area contributed by atoms with Gasteiger partial charge in [-0.2, -0.15) is 0 Å². The van der Waals surface area contributed by atoms with Crippen molar-refractivity contribution in [2.45, 2.75) is 72.0 Å². The molecular weight excluding hydrogens is 434 g/mol. The molecule has 34 heavy (non-hydrogen) atoms. The molecule has 2 heterocycles. The van der Waals surface area contributed by atoms with Gasteiger partial charge in [-0.15, -0.1) is 0 Å². The Morgan fingerprint density at radius 3 is 1.85 bits per heavy atom. The number of pyridine rings is 1. The number of carbonyl (C=O) groups excluding carboxylic acids is 2. The van der Waals surface area contributed by atoms with Crippen molar-refractivity contribution in [1.82, 2.24) is 4.98 Å². The lowest BCUT2D eigenvalue weighted by Gasteiger charge is -2.31. The molecule has 182 valence electrons. The van der Waals surface area contributed by atoms with E-state index >= 15 is 0 Å². The Bertz CT molecular complexity index is 1080. The standard InChI is InChI=1S/C26H33N3O5/c1-24(2,3)17-12-16(13-18(20(17)30)25(4,5)6)29-21(28-15-10-9-11-27-14-15)19-22(31)33-26(7,8)34-23(19)32/h9-14,28-30H,1-8H3. The highest BCUT2D eigenvalue weighted by molar-refractivity contribution is 6.16. The smallest absolute Gasteiger partial charge is 0.352 e. The molecule has 8 nitrogen and oxygen atoms in total. The van der Waals surface area contributed by atoms with Crippen LogP contribution in [0.25, 0.3) is 0 Å². The zero-order valence-electron chi connectivity index (χ0n) is 21.0. The Balaban J connectivity index is 2.18. The SMILES string of the molecule is CC1(C)OC(=O)C(=C(Nc2cccnc2)Nc2cc(C(C)(C)C)c(O)c(C(C)(C)C)c2)C(=O)O1. The van der Waals surface area contributed by atoms with Gasteiger partial charge >= 0.3 is 11.9 Å². The number of nitrogens with one attached hydrogen (secondary N) is 2. The molecule has 0 spiro atoms. The van der Waals surface area contributed by atoms with Gasteiger partial charge in [0.25, 0.3) is 5.79 Å². The summed E-state index contributed by atoms with van der Waals surface area (Å²) in [6.45, 7) is 15.0. The molecule has 0 amide bonds. The van der Waals surface area contributed by atoms with Crippen LogP contribution in [0.5, 0.6) is 5.75 Å². The monoisotopic (exact) mass is 467 g/mol. The lowest BCUT2D eigenvalue weighted by Crippen LogP contribution is -2.43. The number of nitrogens with zero attached hydrogens (tertiary/aromatic N) is 1. The molecule has 1 saturated heterocycles. The predicted octanol–water partition coefficient (Wildman–Crippen LogP) is 4.95. The highest BCUT2D eigenvalue weighted by Gasteiger charge is 2.41. The topological polar surface area (TPSA) is 110 Å². The first-order valence-electron chi connectivity index (χ1n) is 11.1. The molecule has 0 unspecified atom stereocenters. The fourth-order valence-electron chi connectivity index (χ4n) is 3.59. The van der Waals surface area contributed by atoms with E-state index in [2.05, 4.69) is 15.6 Å². The lowest BCUT2D eigenvalue weighted by atomic mass is 9.79. The molecule has 0 atom stereocenters. The third-order valence-electron chi connectivity index (χ3n) is 5.26. The molecule has 3 rings (SSSR count). The first kappa shape index (κ1) is 25.1. The Morgan fingerprint density at radius 2 is 1.41 bits per heavy atom. The second-order valence-electron chi connectivity index (χ2n) is 10.8. The van der Waals surface area contributed by atoms with E-state index in [1.807, 2.05) is 41.5 Å². The number of anilines is 2. The van der Waals surface area contributed by atoms with Crippen molar-refractivity contribution >= 4 is 23.3 Å². The first-order valence-corrected chi connectivity index (χ1v) is 11.1. The third-order valence-corrected chi connectivity index (χ3v) is 5.26. The van der Waals surface area contributed by atoms with Gasteiger partial charge in [-0.1, -0.05) is 41.5 Å². The summed E-state index contributed by atoms with van der Waals surface area (Å²) in [6, 6.07) is 7.08. The molecule has 0 bridgehead atoms. The summed E-state index contributed by atoms with van der Waals surface area (Å²) in [5.41, 5.74) is 1.56. The Kier molecular flexibility index (Phi) is 6.39. The van der Waals surface area contributed by atoms with Gasteiger partial charge in [0.05, 0.1) is 11.9 Å². The van der Waals surface area contributed by atoms with E-state index in [9.17, 15) is 14.7 Å².